The number of rotatable bonds is 1. The third-order valence-electron chi connectivity index (χ3n) is 1.71. The van der Waals surface area contributed by atoms with E-state index in [0.29, 0.717) is 0 Å². The molecule has 0 aromatic rings. The van der Waals surface area contributed by atoms with E-state index < -0.39 is 0 Å². The summed E-state index contributed by atoms with van der Waals surface area (Å²) in [6, 6.07) is 0. The molecular formula is C9H13Cl2CoO. The predicted molar refractivity (Wildman–Crippen MR) is 55.2 cm³/mol. The van der Waals surface area contributed by atoms with E-state index in [1.165, 1.54) is 0 Å². The minimum atomic E-state index is -0.0761. The zero-order valence-electron chi connectivity index (χ0n) is 7.12. The Morgan fingerprint density at radius 2 is 1.77 bits per heavy atom. The average molecular weight is 267 g/mol. The summed E-state index contributed by atoms with van der Waals surface area (Å²) >= 11 is 3.84. The molecule has 0 bridgehead atoms. The third-order valence-corrected chi connectivity index (χ3v) is 2.04. The van der Waals surface area contributed by atoms with E-state index in [2.05, 4.69) is 27.9 Å². The molecule has 0 N–H and O–H groups in total. The SMILES string of the molecule is Cl.Cl.O=[C]([Co])C1=CCCC=CCC1. The first kappa shape index (κ1) is 15.7. The van der Waals surface area contributed by atoms with E-state index in [4.69, 9.17) is 0 Å². The van der Waals surface area contributed by atoms with Crippen LogP contribution in [0.15, 0.2) is 23.8 Å². The van der Waals surface area contributed by atoms with Gasteiger partial charge in [-0.15, -0.1) is 24.8 Å². The minimum absolute atomic E-state index is 0. The molecule has 1 nitrogen and oxygen atoms in total. The van der Waals surface area contributed by atoms with Gasteiger partial charge in [0, 0.05) is 0 Å². The first-order chi connectivity index (χ1) is 5.30. The molecule has 0 saturated carbocycles. The molecule has 4 heteroatoms. The number of hydrogen-bond donors (Lipinski definition) is 0. The Morgan fingerprint density at radius 1 is 1.15 bits per heavy atom. The van der Waals surface area contributed by atoms with Gasteiger partial charge in [-0.25, -0.2) is 0 Å². The summed E-state index contributed by atoms with van der Waals surface area (Å²) in [5.74, 6) is 0. The van der Waals surface area contributed by atoms with Crippen molar-refractivity contribution in [3.63, 3.8) is 0 Å². The standard InChI is InChI=1S/C9H11O.2ClH.Co/c10-8-9-6-4-2-1-3-5-7-9;;;/h1-2,7H,3-6H2;2*1H;. The van der Waals surface area contributed by atoms with E-state index in [-0.39, 0.29) is 29.5 Å². The van der Waals surface area contributed by atoms with Crippen LogP contribution in [-0.4, -0.2) is 4.72 Å². The number of allylic oxidation sites excluding steroid dienone is 4. The van der Waals surface area contributed by atoms with Crippen LogP contribution in [0.2, 0.25) is 0 Å². The summed E-state index contributed by atoms with van der Waals surface area (Å²) in [6.07, 6.45) is 10.1. The number of carbonyl (C=O) groups is 1. The van der Waals surface area contributed by atoms with Crippen molar-refractivity contribution in [1.29, 1.82) is 0 Å². The van der Waals surface area contributed by atoms with Gasteiger partial charge >= 0.3 is 74.7 Å². The fraction of sp³-hybridized carbons (Fsp3) is 0.444. The Kier molecular flexibility index (Phi) is 10.6. The maximum atomic E-state index is 10.8. The van der Waals surface area contributed by atoms with Gasteiger partial charge in [0.15, 0.2) is 0 Å². The van der Waals surface area contributed by atoms with Gasteiger partial charge in [0.1, 0.15) is 0 Å². The van der Waals surface area contributed by atoms with Crippen LogP contribution in [0.1, 0.15) is 25.7 Å². The van der Waals surface area contributed by atoms with Crippen molar-refractivity contribution in [3.8, 4) is 0 Å². The van der Waals surface area contributed by atoms with Crippen LogP contribution < -0.4 is 0 Å². The van der Waals surface area contributed by atoms with E-state index in [0.717, 1.165) is 31.3 Å². The molecular weight excluding hydrogens is 254 g/mol. The molecule has 0 aromatic heterocycles. The Morgan fingerprint density at radius 3 is 2.38 bits per heavy atom. The van der Waals surface area contributed by atoms with Crippen molar-refractivity contribution >= 4 is 29.5 Å². The van der Waals surface area contributed by atoms with Crippen LogP contribution in [0.3, 0.4) is 0 Å². The van der Waals surface area contributed by atoms with E-state index in [1.807, 2.05) is 6.08 Å². The van der Waals surface area contributed by atoms with E-state index >= 15 is 0 Å². The fourth-order valence-electron chi connectivity index (χ4n) is 1.10. The molecule has 0 atom stereocenters. The van der Waals surface area contributed by atoms with Crippen molar-refractivity contribution in [2.24, 2.45) is 0 Å². The summed E-state index contributed by atoms with van der Waals surface area (Å²) in [7, 11) is 0. The molecule has 0 unspecified atom stereocenters. The van der Waals surface area contributed by atoms with E-state index in [1.54, 1.807) is 0 Å². The van der Waals surface area contributed by atoms with Crippen molar-refractivity contribution < 1.29 is 20.5 Å². The Labute approximate surface area is 99.5 Å². The van der Waals surface area contributed by atoms with Crippen molar-refractivity contribution in [2.75, 3.05) is 0 Å². The van der Waals surface area contributed by atoms with Crippen LogP contribution in [0.4, 0.5) is 0 Å². The molecule has 13 heavy (non-hydrogen) atoms. The van der Waals surface area contributed by atoms with Gasteiger partial charge in [0.25, 0.3) is 0 Å². The normalized spacial score (nSPS) is 15.7. The third kappa shape index (κ3) is 6.33. The average Bonchev–Trinajstić information content (AvgIpc) is 1.84. The monoisotopic (exact) mass is 266 g/mol. The number of halogens is 2. The number of carbonyl (C=O) groups excluding carboxylic acids is 1. The fourth-order valence-corrected chi connectivity index (χ4v) is 1.34. The van der Waals surface area contributed by atoms with Crippen LogP contribution >= 0.6 is 24.8 Å². The summed E-state index contributed by atoms with van der Waals surface area (Å²) in [5, 5.41) is 0. The number of hydrogen-bond acceptors (Lipinski definition) is 1. The second kappa shape index (κ2) is 8.82. The molecule has 0 spiro atoms. The van der Waals surface area contributed by atoms with Gasteiger partial charge in [-0.05, 0) is 0 Å². The molecule has 0 amide bonds. The van der Waals surface area contributed by atoms with Gasteiger partial charge in [-0.2, -0.15) is 0 Å². The second-order valence-electron chi connectivity index (χ2n) is 2.57. The molecule has 0 fully saturated rings. The molecule has 1 aliphatic rings. The Bertz CT molecular complexity index is 212. The van der Waals surface area contributed by atoms with Gasteiger partial charge in [0.05, 0.1) is 0 Å². The van der Waals surface area contributed by atoms with Crippen molar-refractivity contribution in [2.45, 2.75) is 25.7 Å². The quantitative estimate of drug-likeness (QED) is 0.667. The topological polar surface area (TPSA) is 17.1 Å². The van der Waals surface area contributed by atoms with Crippen LogP contribution in [-0.2, 0) is 20.5 Å². The zero-order valence-corrected chi connectivity index (χ0v) is 9.79. The first-order valence-corrected chi connectivity index (χ1v) is 4.34. The van der Waals surface area contributed by atoms with E-state index in [9.17, 15) is 4.79 Å². The predicted octanol–water partition coefficient (Wildman–Crippen LogP) is 2.96. The maximum absolute atomic E-state index is 10.8. The van der Waals surface area contributed by atoms with Gasteiger partial charge in [0.2, 0.25) is 0 Å². The van der Waals surface area contributed by atoms with Crippen LogP contribution in [0.25, 0.3) is 0 Å². The summed E-state index contributed by atoms with van der Waals surface area (Å²) in [4.78, 5) is 10.8. The van der Waals surface area contributed by atoms with Gasteiger partial charge in [-0.1, -0.05) is 0 Å². The molecule has 78 valence electrons. The molecule has 0 aromatic carbocycles. The van der Waals surface area contributed by atoms with Crippen LogP contribution in [0, 0.1) is 0 Å². The molecule has 0 radical (unpaired) electrons. The second-order valence-corrected chi connectivity index (χ2v) is 3.04. The van der Waals surface area contributed by atoms with Crippen molar-refractivity contribution in [3.05, 3.63) is 23.8 Å². The molecule has 0 aliphatic heterocycles. The summed E-state index contributed by atoms with van der Waals surface area (Å²) < 4.78 is -0.0761. The van der Waals surface area contributed by atoms with Gasteiger partial charge < -0.3 is 0 Å². The zero-order chi connectivity index (χ0) is 8.10. The summed E-state index contributed by atoms with van der Waals surface area (Å²) in [6.45, 7) is 0. The summed E-state index contributed by atoms with van der Waals surface area (Å²) in [5.41, 5.74) is 0.870. The van der Waals surface area contributed by atoms with Gasteiger partial charge in [-0.3, -0.25) is 0 Å². The van der Waals surface area contributed by atoms with Crippen molar-refractivity contribution in [1.82, 2.24) is 0 Å². The Hall–Kier alpha value is 0.236. The Balaban J connectivity index is 0. The molecule has 0 saturated heterocycles. The van der Waals surface area contributed by atoms with Crippen LogP contribution in [0.5, 0.6) is 0 Å². The molecule has 0 heterocycles. The molecule has 1 rings (SSSR count). The first-order valence-electron chi connectivity index (χ1n) is 3.82. The molecule has 1 aliphatic carbocycles.